The number of halogens is 1. The van der Waals surface area contributed by atoms with Crippen LogP contribution in [0.4, 0.5) is 0 Å². The van der Waals surface area contributed by atoms with Crippen molar-refractivity contribution in [3.8, 4) is 0 Å². The Morgan fingerprint density at radius 2 is 2.00 bits per heavy atom. The van der Waals surface area contributed by atoms with Gasteiger partial charge in [-0.15, -0.1) is 12.4 Å². The molecule has 0 aromatic carbocycles. The van der Waals surface area contributed by atoms with Gasteiger partial charge in [-0.2, -0.15) is 0 Å². The fourth-order valence-electron chi connectivity index (χ4n) is 2.24. The molecule has 0 aliphatic carbocycles. The van der Waals surface area contributed by atoms with Crippen molar-refractivity contribution >= 4 is 12.4 Å². The van der Waals surface area contributed by atoms with E-state index in [1.54, 1.807) is 0 Å². The second-order valence-electron chi connectivity index (χ2n) is 4.17. The van der Waals surface area contributed by atoms with Crippen LogP contribution in [0.2, 0.25) is 0 Å². The highest BCUT2D eigenvalue weighted by Gasteiger charge is 2.19. The Labute approximate surface area is 86.8 Å². The van der Waals surface area contributed by atoms with Crippen molar-refractivity contribution < 1.29 is 4.74 Å². The molecule has 3 heteroatoms. The van der Waals surface area contributed by atoms with E-state index in [-0.39, 0.29) is 12.4 Å². The lowest BCUT2D eigenvalue weighted by Crippen LogP contribution is -2.10. The summed E-state index contributed by atoms with van der Waals surface area (Å²) < 4.78 is 5.36. The first kappa shape index (κ1) is 11.3. The minimum atomic E-state index is 0. The van der Waals surface area contributed by atoms with Crippen molar-refractivity contribution in [1.82, 2.24) is 5.32 Å². The van der Waals surface area contributed by atoms with E-state index >= 15 is 0 Å². The maximum atomic E-state index is 5.36. The molecule has 2 unspecified atom stereocenters. The minimum absolute atomic E-state index is 0. The summed E-state index contributed by atoms with van der Waals surface area (Å²) in [6.45, 7) is 4.53. The van der Waals surface area contributed by atoms with Crippen LogP contribution in [0, 0.1) is 11.8 Å². The van der Waals surface area contributed by atoms with Gasteiger partial charge in [0, 0.05) is 13.2 Å². The molecule has 0 bridgehead atoms. The van der Waals surface area contributed by atoms with Crippen molar-refractivity contribution in [2.75, 3.05) is 26.3 Å². The fraction of sp³-hybridized carbons (Fsp3) is 1.00. The summed E-state index contributed by atoms with van der Waals surface area (Å²) in [4.78, 5) is 0. The van der Waals surface area contributed by atoms with E-state index in [0.29, 0.717) is 0 Å². The standard InChI is InChI=1S/C10H19NO.ClH/c1(9-3-5-11-7-9)2-10-4-6-12-8-10;/h9-11H,1-8H2;1H. The van der Waals surface area contributed by atoms with Crippen LogP contribution in [0.3, 0.4) is 0 Å². The molecule has 2 rings (SSSR count). The molecular weight excluding hydrogens is 186 g/mol. The average molecular weight is 206 g/mol. The molecule has 13 heavy (non-hydrogen) atoms. The molecule has 0 saturated carbocycles. The van der Waals surface area contributed by atoms with E-state index < -0.39 is 0 Å². The smallest absolute Gasteiger partial charge is 0.0495 e. The van der Waals surface area contributed by atoms with Gasteiger partial charge in [0.05, 0.1) is 0 Å². The van der Waals surface area contributed by atoms with E-state index in [1.165, 1.54) is 38.8 Å². The monoisotopic (exact) mass is 205 g/mol. The van der Waals surface area contributed by atoms with Crippen LogP contribution >= 0.6 is 12.4 Å². The first-order valence-corrected chi connectivity index (χ1v) is 5.23. The molecule has 0 aromatic heterocycles. The summed E-state index contributed by atoms with van der Waals surface area (Å²) in [5, 5.41) is 3.42. The largest absolute Gasteiger partial charge is 0.381 e. The summed E-state index contributed by atoms with van der Waals surface area (Å²) in [6, 6.07) is 0. The van der Waals surface area contributed by atoms with Crippen LogP contribution in [-0.2, 0) is 4.74 Å². The predicted octanol–water partition coefficient (Wildman–Crippen LogP) is 1.83. The normalized spacial score (nSPS) is 33.2. The molecule has 0 amide bonds. The van der Waals surface area contributed by atoms with E-state index in [0.717, 1.165) is 25.0 Å². The first-order chi connectivity index (χ1) is 5.95. The van der Waals surface area contributed by atoms with Crippen LogP contribution in [0.1, 0.15) is 25.7 Å². The van der Waals surface area contributed by atoms with Crippen LogP contribution in [0.25, 0.3) is 0 Å². The Morgan fingerprint density at radius 3 is 2.62 bits per heavy atom. The molecule has 2 atom stereocenters. The molecule has 2 aliphatic heterocycles. The zero-order chi connectivity index (χ0) is 8.23. The van der Waals surface area contributed by atoms with E-state index in [4.69, 9.17) is 4.74 Å². The maximum Gasteiger partial charge on any atom is 0.0495 e. The van der Waals surface area contributed by atoms with Crippen molar-refractivity contribution in [2.24, 2.45) is 11.8 Å². The summed E-state index contributed by atoms with van der Waals surface area (Å²) in [5.41, 5.74) is 0. The topological polar surface area (TPSA) is 21.3 Å². The van der Waals surface area contributed by atoms with Gasteiger partial charge in [-0.3, -0.25) is 0 Å². The third kappa shape index (κ3) is 3.45. The molecule has 1 N–H and O–H groups in total. The third-order valence-corrected chi connectivity index (χ3v) is 3.17. The van der Waals surface area contributed by atoms with Crippen LogP contribution in [-0.4, -0.2) is 26.3 Å². The Hall–Kier alpha value is 0.210. The van der Waals surface area contributed by atoms with E-state index in [1.807, 2.05) is 0 Å². The third-order valence-electron chi connectivity index (χ3n) is 3.17. The quantitative estimate of drug-likeness (QED) is 0.759. The summed E-state index contributed by atoms with van der Waals surface area (Å²) in [7, 11) is 0. The van der Waals surface area contributed by atoms with Gasteiger partial charge in [-0.1, -0.05) is 0 Å². The fourth-order valence-corrected chi connectivity index (χ4v) is 2.24. The van der Waals surface area contributed by atoms with Gasteiger partial charge in [-0.25, -0.2) is 0 Å². The molecule has 0 radical (unpaired) electrons. The Bertz CT molecular complexity index is 115. The molecule has 0 spiro atoms. The number of rotatable bonds is 3. The highest BCUT2D eigenvalue weighted by molar-refractivity contribution is 5.85. The second-order valence-corrected chi connectivity index (χ2v) is 4.17. The molecule has 2 nitrogen and oxygen atoms in total. The van der Waals surface area contributed by atoms with Gasteiger partial charge in [0.1, 0.15) is 0 Å². The Balaban J connectivity index is 0.000000845. The van der Waals surface area contributed by atoms with Crippen molar-refractivity contribution in [1.29, 1.82) is 0 Å². The SMILES string of the molecule is C1CC(CCC2CCOC2)CN1.Cl. The van der Waals surface area contributed by atoms with Crippen LogP contribution in [0.5, 0.6) is 0 Å². The van der Waals surface area contributed by atoms with Crippen molar-refractivity contribution in [3.63, 3.8) is 0 Å². The summed E-state index contributed by atoms with van der Waals surface area (Å²) >= 11 is 0. The van der Waals surface area contributed by atoms with Gasteiger partial charge >= 0.3 is 0 Å². The van der Waals surface area contributed by atoms with Crippen molar-refractivity contribution in [3.05, 3.63) is 0 Å². The molecule has 2 aliphatic rings. The maximum absolute atomic E-state index is 5.36. The van der Waals surface area contributed by atoms with Crippen LogP contribution < -0.4 is 5.32 Å². The number of nitrogens with one attached hydrogen (secondary N) is 1. The number of hydrogen-bond acceptors (Lipinski definition) is 2. The zero-order valence-electron chi connectivity index (χ0n) is 8.13. The molecule has 2 saturated heterocycles. The Morgan fingerprint density at radius 1 is 1.15 bits per heavy atom. The lowest BCUT2D eigenvalue weighted by atomic mass is 9.95. The van der Waals surface area contributed by atoms with Gasteiger partial charge in [-0.05, 0) is 50.6 Å². The highest BCUT2D eigenvalue weighted by atomic mass is 35.5. The lowest BCUT2D eigenvalue weighted by Gasteiger charge is -2.10. The predicted molar refractivity (Wildman–Crippen MR) is 56.4 cm³/mol. The molecule has 78 valence electrons. The van der Waals surface area contributed by atoms with E-state index in [9.17, 15) is 0 Å². The first-order valence-electron chi connectivity index (χ1n) is 5.23. The van der Waals surface area contributed by atoms with Crippen LogP contribution in [0.15, 0.2) is 0 Å². The zero-order valence-corrected chi connectivity index (χ0v) is 8.94. The van der Waals surface area contributed by atoms with Gasteiger partial charge in [0.25, 0.3) is 0 Å². The number of ether oxygens (including phenoxy) is 1. The van der Waals surface area contributed by atoms with Gasteiger partial charge in [0.2, 0.25) is 0 Å². The van der Waals surface area contributed by atoms with Gasteiger partial charge < -0.3 is 10.1 Å². The number of hydrogen-bond donors (Lipinski definition) is 1. The molecule has 2 fully saturated rings. The van der Waals surface area contributed by atoms with Gasteiger partial charge in [0.15, 0.2) is 0 Å². The minimum Gasteiger partial charge on any atom is -0.381 e. The average Bonchev–Trinajstić information content (AvgIpc) is 2.74. The molecule has 0 aromatic rings. The van der Waals surface area contributed by atoms with E-state index in [2.05, 4.69) is 5.32 Å². The summed E-state index contributed by atoms with van der Waals surface area (Å²) in [6.07, 6.45) is 5.51. The molecular formula is C10H20ClNO. The summed E-state index contributed by atoms with van der Waals surface area (Å²) in [5.74, 6) is 1.84. The lowest BCUT2D eigenvalue weighted by molar-refractivity contribution is 0.182. The Kier molecular flexibility index (Phi) is 5.07. The second kappa shape index (κ2) is 5.84. The van der Waals surface area contributed by atoms with Crippen molar-refractivity contribution in [2.45, 2.75) is 25.7 Å². The highest BCUT2D eigenvalue weighted by Crippen LogP contribution is 2.23. The molecule has 2 heterocycles.